The SMILES string of the molecule is CCCc1nc(C(=O)N2C[C@@H]3CN(C(=O)N(C)C)[C@H](c4cccc(F)c4)[C@@H]3C2)cs1. The molecular formula is C22H27FN4O2S. The summed E-state index contributed by atoms with van der Waals surface area (Å²) >= 11 is 1.53. The number of hydrogen-bond donors (Lipinski definition) is 0. The first kappa shape index (κ1) is 20.8. The third-order valence-corrected chi connectivity index (χ3v) is 6.91. The molecule has 30 heavy (non-hydrogen) atoms. The van der Waals surface area contributed by atoms with Crippen LogP contribution in [0.25, 0.3) is 0 Å². The largest absolute Gasteiger partial charge is 0.337 e. The van der Waals surface area contributed by atoms with Crippen molar-refractivity contribution in [1.82, 2.24) is 19.7 Å². The van der Waals surface area contributed by atoms with Gasteiger partial charge in [-0.3, -0.25) is 4.79 Å². The van der Waals surface area contributed by atoms with Crippen LogP contribution in [0.4, 0.5) is 9.18 Å². The number of carbonyl (C=O) groups is 2. The number of aromatic nitrogens is 1. The van der Waals surface area contributed by atoms with E-state index in [-0.39, 0.29) is 35.6 Å². The minimum Gasteiger partial charge on any atom is -0.337 e. The van der Waals surface area contributed by atoms with Gasteiger partial charge in [0.2, 0.25) is 0 Å². The van der Waals surface area contributed by atoms with E-state index >= 15 is 0 Å². The zero-order valence-corrected chi connectivity index (χ0v) is 18.4. The lowest BCUT2D eigenvalue weighted by molar-refractivity contribution is 0.0761. The lowest BCUT2D eigenvalue weighted by Crippen LogP contribution is -2.42. The second-order valence-corrected chi connectivity index (χ2v) is 9.28. The highest BCUT2D eigenvalue weighted by atomic mass is 32.1. The standard InChI is InChI=1S/C22H27FN4O2S/c1-4-6-19-24-18(13-30-19)21(28)26-10-15-11-27(22(29)25(2)3)20(17(15)12-26)14-7-5-8-16(23)9-14/h5,7-9,13,15,17,20H,4,6,10-12H2,1-3H3/t15-,17-,20-/m1/s1. The maximum atomic E-state index is 14.0. The number of urea groups is 1. The van der Waals surface area contributed by atoms with Gasteiger partial charge < -0.3 is 14.7 Å². The first-order valence-electron chi connectivity index (χ1n) is 10.4. The molecule has 2 aliphatic heterocycles. The molecule has 0 aliphatic carbocycles. The zero-order valence-electron chi connectivity index (χ0n) is 17.5. The summed E-state index contributed by atoms with van der Waals surface area (Å²) in [5.74, 6) is -0.121. The Morgan fingerprint density at radius 3 is 2.77 bits per heavy atom. The fourth-order valence-electron chi connectivity index (χ4n) is 4.68. The molecule has 6 nitrogen and oxygen atoms in total. The molecule has 4 rings (SSSR count). The number of likely N-dealkylation sites (tertiary alicyclic amines) is 2. The van der Waals surface area contributed by atoms with E-state index in [1.165, 1.54) is 23.5 Å². The molecule has 3 heterocycles. The average molecular weight is 431 g/mol. The van der Waals surface area contributed by atoms with Crippen molar-refractivity contribution in [1.29, 1.82) is 0 Å². The first-order chi connectivity index (χ1) is 14.4. The number of benzene rings is 1. The minimum absolute atomic E-state index is 0.0496. The summed E-state index contributed by atoms with van der Waals surface area (Å²) in [6, 6.07) is 6.14. The highest BCUT2D eigenvalue weighted by molar-refractivity contribution is 7.09. The van der Waals surface area contributed by atoms with Gasteiger partial charge >= 0.3 is 6.03 Å². The number of aryl methyl sites for hydroxylation is 1. The van der Waals surface area contributed by atoms with Gasteiger partial charge in [-0.1, -0.05) is 19.1 Å². The Hall–Kier alpha value is -2.48. The third-order valence-electron chi connectivity index (χ3n) is 6.00. The summed E-state index contributed by atoms with van der Waals surface area (Å²) < 4.78 is 14.0. The summed E-state index contributed by atoms with van der Waals surface area (Å²) in [4.78, 5) is 35.6. The fraction of sp³-hybridized carbons (Fsp3) is 0.500. The van der Waals surface area contributed by atoms with Crippen LogP contribution in [0.3, 0.4) is 0 Å². The molecule has 0 saturated carbocycles. The van der Waals surface area contributed by atoms with Crippen LogP contribution in [0.1, 0.15) is 40.4 Å². The molecule has 1 aromatic heterocycles. The Balaban J connectivity index is 1.57. The van der Waals surface area contributed by atoms with Crippen molar-refractivity contribution < 1.29 is 14.0 Å². The number of fused-ring (bicyclic) bond motifs is 1. The van der Waals surface area contributed by atoms with Crippen LogP contribution >= 0.6 is 11.3 Å². The topological polar surface area (TPSA) is 56.8 Å². The maximum absolute atomic E-state index is 14.0. The number of carbonyl (C=O) groups excluding carboxylic acids is 2. The van der Waals surface area contributed by atoms with Crippen molar-refractivity contribution >= 4 is 23.3 Å². The monoisotopic (exact) mass is 430 g/mol. The molecule has 3 atom stereocenters. The van der Waals surface area contributed by atoms with Crippen LogP contribution in [-0.2, 0) is 6.42 Å². The van der Waals surface area contributed by atoms with E-state index in [9.17, 15) is 14.0 Å². The molecular weight excluding hydrogens is 403 g/mol. The van der Waals surface area contributed by atoms with Crippen molar-refractivity contribution in [2.75, 3.05) is 33.7 Å². The van der Waals surface area contributed by atoms with Crippen molar-refractivity contribution in [2.45, 2.75) is 25.8 Å². The van der Waals surface area contributed by atoms with Gasteiger partial charge in [-0.2, -0.15) is 0 Å². The summed E-state index contributed by atoms with van der Waals surface area (Å²) in [5.41, 5.74) is 1.29. The molecule has 0 spiro atoms. The van der Waals surface area contributed by atoms with E-state index in [1.807, 2.05) is 21.2 Å². The van der Waals surface area contributed by atoms with E-state index in [0.29, 0.717) is 25.3 Å². The van der Waals surface area contributed by atoms with Crippen molar-refractivity contribution in [2.24, 2.45) is 11.8 Å². The van der Waals surface area contributed by atoms with Crippen LogP contribution in [0.5, 0.6) is 0 Å². The Morgan fingerprint density at radius 2 is 2.07 bits per heavy atom. The van der Waals surface area contributed by atoms with E-state index in [0.717, 1.165) is 23.4 Å². The average Bonchev–Trinajstić information content (AvgIpc) is 3.41. The number of thiazole rings is 1. The molecule has 3 amide bonds. The molecule has 8 heteroatoms. The summed E-state index contributed by atoms with van der Waals surface area (Å²) in [7, 11) is 3.45. The van der Waals surface area contributed by atoms with E-state index < -0.39 is 0 Å². The summed E-state index contributed by atoms with van der Waals surface area (Å²) in [5, 5.41) is 2.83. The molecule has 0 bridgehead atoms. The van der Waals surface area contributed by atoms with Gasteiger partial charge in [-0.25, -0.2) is 14.2 Å². The number of amides is 3. The second kappa shape index (κ2) is 8.34. The van der Waals surface area contributed by atoms with Crippen LogP contribution in [0, 0.1) is 17.7 Å². The van der Waals surface area contributed by atoms with Gasteiger partial charge in [0.15, 0.2) is 0 Å². The first-order valence-corrected chi connectivity index (χ1v) is 11.2. The molecule has 160 valence electrons. The van der Waals surface area contributed by atoms with Crippen molar-refractivity contribution in [3.05, 3.63) is 51.7 Å². The Morgan fingerprint density at radius 1 is 1.27 bits per heavy atom. The zero-order chi connectivity index (χ0) is 21.4. The lowest BCUT2D eigenvalue weighted by atomic mass is 9.89. The molecule has 2 fully saturated rings. The van der Waals surface area contributed by atoms with Gasteiger partial charge in [-0.05, 0) is 30.5 Å². The molecule has 2 saturated heterocycles. The fourth-order valence-corrected chi connectivity index (χ4v) is 5.56. The lowest BCUT2D eigenvalue weighted by Gasteiger charge is -2.31. The van der Waals surface area contributed by atoms with Gasteiger partial charge in [-0.15, -0.1) is 11.3 Å². The number of halogens is 1. The molecule has 2 aliphatic rings. The molecule has 2 aromatic rings. The van der Waals surface area contributed by atoms with Gasteiger partial charge in [0.1, 0.15) is 11.5 Å². The smallest absolute Gasteiger partial charge is 0.320 e. The number of rotatable bonds is 4. The second-order valence-electron chi connectivity index (χ2n) is 8.34. The maximum Gasteiger partial charge on any atom is 0.320 e. The van der Waals surface area contributed by atoms with Gasteiger partial charge in [0.05, 0.1) is 11.0 Å². The highest BCUT2D eigenvalue weighted by Crippen LogP contribution is 2.45. The van der Waals surface area contributed by atoms with Crippen molar-refractivity contribution in [3.63, 3.8) is 0 Å². The molecule has 0 N–H and O–H groups in total. The third kappa shape index (κ3) is 3.80. The van der Waals surface area contributed by atoms with Crippen LogP contribution in [0.15, 0.2) is 29.6 Å². The van der Waals surface area contributed by atoms with Gasteiger partial charge in [0, 0.05) is 50.9 Å². The molecule has 0 radical (unpaired) electrons. The van der Waals surface area contributed by atoms with Crippen molar-refractivity contribution in [3.8, 4) is 0 Å². The van der Waals surface area contributed by atoms with Crippen LogP contribution in [0.2, 0.25) is 0 Å². The van der Waals surface area contributed by atoms with Crippen LogP contribution < -0.4 is 0 Å². The van der Waals surface area contributed by atoms with Gasteiger partial charge in [0.25, 0.3) is 5.91 Å². The summed E-state index contributed by atoms with van der Waals surface area (Å²) in [6.45, 7) is 3.79. The Labute approximate surface area is 180 Å². The quantitative estimate of drug-likeness (QED) is 0.744. The Kier molecular flexibility index (Phi) is 5.77. The normalized spacial score (nSPS) is 23.0. The van der Waals surface area contributed by atoms with E-state index in [2.05, 4.69) is 11.9 Å². The summed E-state index contributed by atoms with van der Waals surface area (Å²) in [6.07, 6.45) is 1.88. The van der Waals surface area contributed by atoms with E-state index in [1.54, 1.807) is 25.1 Å². The predicted octanol–water partition coefficient (Wildman–Crippen LogP) is 3.66. The number of hydrogen-bond acceptors (Lipinski definition) is 4. The molecule has 0 unspecified atom stereocenters. The predicted molar refractivity (Wildman–Crippen MR) is 114 cm³/mol. The number of nitrogens with zero attached hydrogens (tertiary/aromatic N) is 4. The van der Waals surface area contributed by atoms with E-state index in [4.69, 9.17) is 0 Å². The minimum atomic E-state index is -0.315. The molecule has 1 aromatic carbocycles. The van der Waals surface area contributed by atoms with Crippen LogP contribution in [-0.4, -0.2) is 65.4 Å². The highest BCUT2D eigenvalue weighted by Gasteiger charge is 2.50. The Bertz CT molecular complexity index is 947.